The molecule has 0 radical (unpaired) electrons. The second-order valence-corrected chi connectivity index (χ2v) is 6.31. The summed E-state index contributed by atoms with van der Waals surface area (Å²) in [7, 11) is 0. The zero-order chi connectivity index (χ0) is 15.0. The molecule has 2 aromatic carbocycles. The first-order valence-electron chi connectivity index (χ1n) is 7.36. The normalized spacial score (nSPS) is 15.7. The molecule has 0 atom stereocenters. The Bertz CT molecular complexity index is 675. The number of aryl methyl sites for hydroxylation is 2. The van der Waals surface area contributed by atoms with Gasteiger partial charge in [-0.05, 0) is 55.4 Å². The van der Waals surface area contributed by atoms with Gasteiger partial charge in [0.15, 0.2) is 0 Å². The predicted octanol–water partition coefficient (Wildman–Crippen LogP) is 3.72. The highest BCUT2D eigenvalue weighted by molar-refractivity contribution is 5.77. The molecule has 0 aromatic heterocycles. The molecule has 0 bridgehead atoms. The van der Waals surface area contributed by atoms with Crippen molar-refractivity contribution in [3.8, 4) is 0 Å². The lowest BCUT2D eigenvalue weighted by Crippen LogP contribution is -2.34. The largest absolute Gasteiger partial charge is 0.481 e. The Hall–Kier alpha value is -2.09. The third-order valence-corrected chi connectivity index (χ3v) is 4.66. The molecule has 0 fully saturated rings. The molecule has 1 N–H and O–H groups in total. The number of fused-ring (bicyclic) bond motifs is 1. The van der Waals surface area contributed by atoms with Crippen LogP contribution in [0.15, 0.2) is 42.5 Å². The van der Waals surface area contributed by atoms with Gasteiger partial charge in [0, 0.05) is 0 Å². The van der Waals surface area contributed by atoms with Crippen LogP contribution in [0.3, 0.4) is 0 Å². The molecular weight excluding hydrogens is 260 g/mol. The summed E-state index contributed by atoms with van der Waals surface area (Å²) < 4.78 is 0. The molecule has 108 valence electrons. The molecule has 0 amide bonds. The van der Waals surface area contributed by atoms with Gasteiger partial charge < -0.3 is 5.11 Å². The van der Waals surface area contributed by atoms with Crippen LogP contribution < -0.4 is 0 Å². The van der Waals surface area contributed by atoms with Gasteiger partial charge in [-0.25, -0.2) is 0 Å². The summed E-state index contributed by atoms with van der Waals surface area (Å²) >= 11 is 0. The zero-order valence-corrected chi connectivity index (χ0v) is 12.5. The van der Waals surface area contributed by atoms with Gasteiger partial charge in [0.25, 0.3) is 0 Å². The van der Waals surface area contributed by atoms with Crippen LogP contribution in [-0.4, -0.2) is 11.1 Å². The van der Waals surface area contributed by atoms with Crippen LogP contribution in [0.4, 0.5) is 0 Å². The molecule has 1 aliphatic rings. The zero-order valence-electron chi connectivity index (χ0n) is 12.5. The lowest BCUT2D eigenvalue weighted by atomic mass is 9.78. The fourth-order valence-corrected chi connectivity index (χ4v) is 3.40. The first-order valence-corrected chi connectivity index (χ1v) is 7.36. The first kappa shape index (κ1) is 13.9. The van der Waals surface area contributed by atoms with Crippen molar-refractivity contribution >= 4 is 5.97 Å². The molecule has 2 aromatic rings. The third kappa shape index (κ3) is 2.46. The summed E-state index contributed by atoms with van der Waals surface area (Å²) in [5, 5.41) is 9.86. The van der Waals surface area contributed by atoms with Gasteiger partial charge in [0.1, 0.15) is 0 Å². The molecule has 3 rings (SSSR count). The Morgan fingerprint density at radius 2 is 1.71 bits per heavy atom. The Labute approximate surface area is 125 Å². The van der Waals surface area contributed by atoms with Gasteiger partial charge in [0.05, 0.1) is 5.41 Å². The topological polar surface area (TPSA) is 37.3 Å². The van der Waals surface area contributed by atoms with E-state index in [1.807, 2.05) is 12.1 Å². The molecule has 0 aliphatic heterocycles. The number of carboxylic acid groups (broad SMARTS) is 1. The van der Waals surface area contributed by atoms with E-state index in [0.717, 1.165) is 5.56 Å². The number of aliphatic carboxylic acids is 1. The molecule has 2 nitrogen and oxygen atoms in total. The number of carboxylic acids is 1. The van der Waals surface area contributed by atoms with Gasteiger partial charge in [-0.3, -0.25) is 4.79 Å². The SMILES string of the molecule is Cc1ccc(C)c(CC2(C(=O)O)Cc3ccccc3C2)c1. The Morgan fingerprint density at radius 1 is 1.10 bits per heavy atom. The summed E-state index contributed by atoms with van der Waals surface area (Å²) in [5.41, 5.74) is 5.20. The van der Waals surface area contributed by atoms with Crippen LogP contribution >= 0.6 is 0 Å². The second kappa shape index (κ2) is 5.03. The Kier molecular flexibility index (Phi) is 3.32. The van der Waals surface area contributed by atoms with E-state index in [0.29, 0.717) is 19.3 Å². The minimum absolute atomic E-state index is 0.602. The van der Waals surface area contributed by atoms with Crippen molar-refractivity contribution in [3.63, 3.8) is 0 Å². The quantitative estimate of drug-likeness (QED) is 0.930. The van der Waals surface area contributed by atoms with Crippen LogP contribution in [0, 0.1) is 19.3 Å². The van der Waals surface area contributed by atoms with E-state index in [4.69, 9.17) is 0 Å². The average Bonchev–Trinajstić information content (AvgIpc) is 2.82. The van der Waals surface area contributed by atoms with Gasteiger partial charge in [-0.1, -0.05) is 48.0 Å². The smallest absolute Gasteiger partial charge is 0.310 e. The van der Waals surface area contributed by atoms with Crippen LogP contribution in [0.1, 0.15) is 27.8 Å². The van der Waals surface area contributed by atoms with Gasteiger partial charge in [-0.2, -0.15) is 0 Å². The van der Waals surface area contributed by atoms with E-state index in [-0.39, 0.29) is 0 Å². The van der Waals surface area contributed by atoms with Crippen molar-refractivity contribution in [2.75, 3.05) is 0 Å². The van der Waals surface area contributed by atoms with E-state index in [1.54, 1.807) is 0 Å². The van der Waals surface area contributed by atoms with Gasteiger partial charge in [-0.15, -0.1) is 0 Å². The van der Waals surface area contributed by atoms with Crippen molar-refractivity contribution in [1.29, 1.82) is 0 Å². The number of benzene rings is 2. The summed E-state index contributed by atoms with van der Waals surface area (Å²) in [5.74, 6) is -0.681. The maximum atomic E-state index is 12.0. The number of hydrogen-bond acceptors (Lipinski definition) is 1. The van der Waals surface area contributed by atoms with Crippen LogP contribution in [0.25, 0.3) is 0 Å². The van der Waals surface area contributed by atoms with E-state index in [9.17, 15) is 9.90 Å². The van der Waals surface area contributed by atoms with Crippen molar-refractivity contribution in [1.82, 2.24) is 0 Å². The van der Waals surface area contributed by atoms with Crippen molar-refractivity contribution in [2.45, 2.75) is 33.1 Å². The molecule has 21 heavy (non-hydrogen) atoms. The van der Waals surface area contributed by atoms with Crippen LogP contribution in [0.2, 0.25) is 0 Å². The van der Waals surface area contributed by atoms with Crippen LogP contribution in [-0.2, 0) is 24.1 Å². The summed E-state index contributed by atoms with van der Waals surface area (Å²) in [6, 6.07) is 14.4. The summed E-state index contributed by atoms with van der Waals surface area (Å²) in [6.07, 6.45) is 1.86. The molecule has 0 heterocycles. The lowest BCUT2D eigenvalue weighted by molar-refractivity contribution is -0.148. The van der Waals surface area contributed by atoms with Crippen molar-refractivity contribution in [3.05, 3.63) is 70.3 Å². The van der Waals surface area contributed by atoms with E-state index < -0.39 is 11.4 Å². The first-order chi connectivity index (χ1) is 10.00. The molecule has 0 saturated carbocycles. The minimum atomic E-state index is -0.692. The molecule has 2 heteroatoms. The number of rotatable bonds is 3. The highest BCUT2D eigenvalue weighted by Crippen LogP contribution is 2.40. The van der Waals surface area contributed by atoms with Gasteiger partial charge >= 0.3 is 5.97 Å². The summed E-state index contributed by atoms with van der Waals surface area (Å²) in [6.45, 7) is 4.12. The lowest BCUT2D eigenvalue weighted by Gasteiger charge is -2.25. The molecule has 0 unspecified atom stereocenters. The summed E-state index contributed by atoms with van der Waals surface area (Å²) in [4.78, 5) is 12.0. The Balaban J connectivity index is 1.98. The Morgan fingerprint density at radius 3 is 2.29 bits per heavy atom. The highest BCUT2D eigenvalue weighted by Gasteiger charge is 2.44. The van der Waals surface area contributed by atoms with Crippen molar-refractivity contribution < 1.29 is 9.90 Å². The maximum Gasteiger partial charge on any atom is 0.310 e. The number of carbonyl (C=O) groups is 1. The number of hydrogen-bond donors (Lipinski definition) is 1. The molecule has 1 aliphatic carbocycles. The fourth-order valence-electron chi connectivity index (χ4n) is 3.40. The van der Waals surface area contributed by atoms with E-state index in [2.05, 4.69) is 44.2 Å². The van der Waals surface area contributed by atoms with Crippen molar-refractivity contribution in [2.24, 2.45) is 5.41 Å². The second-order valence-electron chi connectivity index (χ2n) is 6.31. The molecule has 0 spiro atoms. The van der Waals surface area contributed by atoms with Crippen LogP contribution in [0.5, 0.6) is 0 Å². The molecular formula is C19H20O2. The van der Waals surface area contributed by atoms with E-state index in [1.165, 1.54) is 22.3 Å². The molecule has 0 saturated heterocycles. The third-order valence-electron chi connectivity index (χ3n) is 4.66. The average molecular weight is 280 g/mol. The minimum Gasteiger partial charge on any atom is -0.481 e. The maximum absolute atomic E-state index is 12.0. The predicted molar refractivity (Wildman–Crippen MR) is 83.5 cm³/mol. The van der Waals surface area contributed by atoms with E-state index >= 15 is 0 Å². The monoisotopic (exact) mass is 280 g/mol. The standard InChI is InChI=1S/C19H20O2/c1-13-7-8-14(2)17(9-13)12-19(18(20)21)10-15-5-3-4-6-16(15)11-19/h3-9H,10-12H2,1-2H3,(H,20,21). The fraction of sp³-hybridized carbons (Fsp3) is 0.316. The highest BCUT2D eigenvalue weighted by atomic mass is 16.4. The van der Waals surface area contributed by atoms with Gasteiger partial charge in [0.2, 0.25) is 0 Å².